The van der Waals surface area contributed by atoms with Crippen LogP contribution in [0, 0.1) is 5.82 Å². The fraction of sp³-hybridized carbons (Fsp3) is 0.412. The van der Waals surface area contributed by atoms with Crippen LogP contribution < -0.4 is 10.1 Å². The van der Waals surface area contributed by atoms with Gasteiger partial charge in [0.25, 0.3) is 0 Å². The number of ether oxygens (including phenoxy) is 1. The summed E-state index contributed by atoms with van der Waals surface area (Å²) >= 11 is 0. The minimum absolute atomic E-state index is 0.0916. The maximum absolute atomic E-state index is 13.2. The molecule has 3 nitrogen and oxygen atoms in total. The van der Waals surface area contributed by atoms with Crippen molar-refractivity contribution in [3.63, 3.8) is 0 Å². The lowest BCUT2D eigenvalue weighted by molar-refractivity contribution is 0.207. The molecule has 2 aliphatic rings. The topological polar surface area (TPSA) is 26.2 Å². The molecule has 2 aromatic rings. The van der Waals surface area contributed by atoms with Crippen LogP contribution in [0.15, 0.2) is 36.5 Å². The van der Waals surface area contributed by atoms with Crippen molar-refractivity contribution in [1.82, 2.24) is 9.88 Å². The SMILES string of the molecule is Fc1ccc2c(c1)CC(Cn1cccc1CNC1CC1)O2. The Balaban J connectivity index is 1.42. The summed E-state index contributed by atoms with van der Waals surface area (Å²) in [5.74, 6) is 0.638. The number of aromatic nitrogens is 1. The smallest absolute Gasteiger partial charge is 0.123 e. The lowest BCUT2D eigenvalue weighted by Gasteiger charge is -2.15. The molecule has 1 aromatic carbocycles. The molecular formula is C17H19FN2O. The zero-order chi connectivity index (χ0) is 14.2. The summed E-state index contributed by atoms with van der Waals surface area (Å²) in [5.41, 5.74) is 2.26. The minimum Gasteiger partial charge on any atom is -0.488 e. The molecule has 21 heavy (non-hydrogen) atoms. The van der Waals surface area contributed by atoms with Gasteiger partial charge in [-0.1, -0.05) is 0 Å². The van der Waals surface area contributed by atoms with E-state index in [1.54, 1.807) is 12.1 Å². The molecule has 1 atom stereocenters. The monoisotopic (exact) mass is 286 g/mol. The number of hydrogen-bond acceptors (Lipinski definition) is 2. The first-order valence-electron chi connectivity index (χ1n) is 7.60. The molecule has 4 heteroatoms. The summed E-state index contributed by atoms with van der Waals surface area (Å²) in [6.45, 7) is 1.72. The van der Waals surface area contributed by atoms with Crippen molar-refractivity contribution in [1.29, 1.82) is 0 Å². The second-order valence-electron chi connectivity index (χ2n) is 6.00. The summed E-state index contributed by atoms with van der Waals surface area (Å²) in [6.07, 6.45) is 5.56. The largest absolute Gasteiger partial charge is 0.488 e. The van der Waals surface area contributed by atoms with Crippen LogP contribution in [0.25, 0.3) is 0 Å². The summed E-state index contributed by atoms with van der Waals surface area (Å²) in [5, 5.41) is 3.54. The van der Waals surface area contributed by atoms with E-state index in [1.165, 1.54) is 24.6 Å². The summed E-state index contributed by atoms with van der Waals surface area (Å²) in [7, 11) is 0. The van der Waals surface area contributed by atoms with Gasteiger partial charge in [0.1, 0.15) is 17.7 Å². The van der Waals surface area contributed by atoms with Gasteiger partial charge in [0.15, 0.2) is 0 Å². The van der Waals surface area contributed by atoms with Crippen molar-refractivity contribution in [2.24, 2.45) is 0 Å². The molecule has 1 saturated carbocycles. The van der Waals surface area contributed by atoms with Crippen LogP contribution in [-0.4, -0.2) is 16.7 Å². The van der Waals surface area contributed by atoms with Gasteiger partial charge >= 0.3 is 0 Å². The normalized spacial score (nSPS) is 20.3. The Hall–Kier alpha value is -1.81. The number of halogens is 1. The van der Waals surface area contributed by atoms with Crippen LogP contribution in [0.3, 0.4) is 0 Å². The van der Waals surface area contributed by atoms with Crippen molar-refractivity contribution in [2.45, 2.75) is 44.5 Å². The number of benzene rings is 1. The standard InChI is InChI=1S/C17H19FN2O/c18-13-3-6-17-12(8-13)9-16(21-17)11-20-7-1-2-15(20)10-19-14-4-5-14/h1-3,6-8,14,16,19H,4-5,9-11H2. The van der Waals surface area contributed by atoms with Gasteiger partial charge in [0.2, 0.25) is 0 Å². The fourth-order valence-electron chi connectivity index (χ4n) is 2.93. The molecule has 0 spiro atoms. The first kappa shape index (κ1) is 12.9. The van der Waals surface area contributed by atoms with E-state index in [4.69, 9.17) is 4.74 Å². The third-order valence-electron chi connectivity index (χ3n) is 4.24. The molecule has 1 fully saturated rings. The maximum Gasteiger partial charge on any atom is 0.123 e. The van der Waals surface area contributed by atoms with Gasteiger partial charge in [0.05, 0.1) is 6.54 Å². The van der Waals surface area contributed by atoms with Crippen LogP contribution >= 0.6 is 0 Å². The van der Waals surface area contributed by atoms with E-state index in [9.17, 15) is 4.39 Å². The number of fused-ring (bicyclic) bond motifs is 1. The molecule has 1 N–H and O–H groups in total. The van der Waals surface area contributed by atoms with E-state index >= 15 is 0 Å². The van der Waals surface area contributed by atoms with Crippen LogP contribution in [0.4, 0.5) is 4.39 Å². The summed E-state index contributed by atoms with van der Waals surface area (Å²) in [4.78, 5) is 0. The van der Waals surface area contributed by atoms with Gasteiger partial charge in [-0.2, -0.15) is 0 Å². The Labute approximate surface area is 123 Å². The van der Waals surface area contributed by atoms with Gasteiger partial charge in [0, 0.05) is 36.5 Å². The Kier molecular flexibility index (Phi) is 3.19. The van der Waals surface area contributed by atoms with E-state index in [2.05, 4.69) is 28.2 Å². The first-order chi connectivity index (χ1) is 10.3. The van der Waals surface area contributed by atoms with Crippen molar-refractivity contribution in [2.75, 3.05) is 0 Å². The highest BCUT2D eigenvalue weighted by Gasteiger charge is 2.24. The quantitative estimate of drug-likeness (QED) is 0.914. The number of rotatable bonds is 5. The summed E-state index contributed by atoms with van der Waals surface area (Å²) < 4.78 is 21.4. The van der Waals surface area contributed by atoms with E-state index in [0.717, 1.165) is 30.8 Å². The minimum atomic E-state index is -0.187. The molecule has 2 heterocycles. The molecule has 1 aliphatic carbocycles. The molecule has 1 aromatic heterocycles. The lowest BCUT2D eigenvalue weighted by atomic mass is 10.1. The third kappa shape index (κ3) is 2.81. The Morgan fingerprint density at radius 3 is 3.05 bits per heavy atom. The van der Waals surface area contributed by atoms with Gasteiger partial charge < -0.3 is 14.6 Å². The molecular weight excluding hydrogens is 267 g/mol. The van der Waals surface area contributed by atoms with E-state index in [0.29, 0.717) is 6.04 Å². The van der Waals surface area contributed by atoms with E-state index in [-0.39, 0.29) is 11.9 Å². The zero-order valence-corrected chi connectivity index (χ0v) is 11.9. The maximum atomic E-state index is 13.2. The molecule has 0 amide bonds. The molecule has 0 bridgehead atoms. The second-order valence-corrected chi connectivity index (χ2v) is 6.00. The Bertz CT molecular complexity index is 648. The predicted octanol–water partition coefficient (Wildman–Crippen LogP) is 2.88. The molecule has 1 aliphatic heterocycles. The molecule has 110 valence electrons. The summed E-state index contributed by atoms with van der Waals surface area (Å²) in [6, 6.07) is 9.71. The van der Waals surface area contributed by atoms with Crippen LogP contribution in [0.5, 0.6) is 5.75 Å². The van der Waals surface area contributed by atoms with Gasteiger partial charge in [-0.05, 0) is 43.2 Å². The molecule has 0 saturated heterocycles. The highest BCUT2D eigenvalue weighted by Crippen LogP contribution is 2.30. The highest BCUT2D eigenvalue weighted by molar-refractivity contribution is 5.37. The highest BCUT2D eigenvalue weighted by atomic mass is 19.1. The average Bonchev–Trinajstić information content (AvgIpc) is 3.06. The lowest BCUT2D eigenvalue weighted by Crippen LogP contribution is -2.24. The zero-order valence-electron chi connectivity index (χ0n) is 11.9. The number of hydrogen-bond donors (Lipinski definition) is 1. The number of nitrogens with zero attached hydrogens (tertiary/aromatic N) is 1. The van der Waals surface area contributed by atoms with Crippen molar-refractivity contribution < 1.29 is 9.13 Å². The van der Waals surface area contributed by atoms with Gasteiger partial charge in [-0.15, -0.1) is 0 Å². The second kappa shape index (κ2) is 5.19. The molecule has 4 rings (SSSR count). The van der Waals surface area contributed by atoms with Gasteiger partial charge in [-0.3, -0.25) is 0 Å². The predicted molar refractivity (Wildman–Crippen MR) is 78.8 cm³/mol. The number of nitrogens with one attached hydrogen (secondary N) is 1. The van der Waals surface area contributed by atoms with E-state index in [1.807, 2.05) is 0 Å². The first-order valence-corrected chi connectivity index (χ1v) is 7.60. The van der Waals surface area contributed by atoms with E-state index < -0.39 is 0 Å². The molecule has 1 unspecified atom stereocenters. The average molecular weight is 286 g/mol. The molecule has 0 radical (unpaired) electrons. The van der Waals surface area contributed by atoms with Crippen molar-refractivity contribution in [3.8, 4) is 5.75 Å². The van der Waals surface area contributed by atoms with Crippen LogP contribution in [0.2, 0.25) is 0 Å². The van der Waals surface area contributed by atoms with Crippen LogP contribution in [-0.2, 0) is 19.5 Å². The fourth-order valence-corrected chi connectivity index (χ4v) is 2.93. The third-order valence-corrected chi connectivity index (χ3v) is 4.24. The van der Waals surface area contributed by atoms with Crippen molar-refractivity contribution in [3.05, 3.63) is 53.6 Å². The van der Waals surface area contributed by atoms with Gasteiger partial charge in [-0.25, -0.2) is 4.39 Å². The van der Waals surface area contributed by atoms with Crippen molar-refractivity contribution >= 4 is 0 Å². The Morgan fingerprint density at radius 2 is 2.19 bits per heavy atom. The van der Waals surface area contributed by atoms with Crippen LogP contribution in [0.1, 0.15) is 24.1 Å². The Morgan fingerprint density at radius 1 is 1.29 bits per heavy atom.